The molecule has 1 aliphatic rings. The van der Waals surface area contributed by atoms with E-state index in [1.54, 1.807) is 6.07 Å². The average Bonchev–Trinajstić information content (AvgIpc) is 2.58. The summed E-state index contributed by atoms with van der Waals surface area (Å²) in [6.45, 7) is 9.34. The van der Waals surface area contributed by atoms with Crippen LogP contribution in [0.1, 0.15) is 77.0 Å². The van der Waals surface area contributed by atoms with Crippen molar-refractivity contribution in [2.24, 2.45) is 5.92 Å². The number of aryl methyl sites for hydroxylation is 1. The lowest BCUT2D eigenvalue weighted by molar-refractivity contribution is 0.295. The first-order chi connectivity index (χ1) is 12.0. The van der Waals surface area contributed by atoms with E-state index in [4.69, 9.17) is 0 Å². The highest BCUT2D eigenvalue weighted by molar-refractivity contribution is 7.84. The first-order valence-corrected chi connectivity index (χ1v) is 12.9. The molecule has 0 amide bonds. The summed E-state index contributed by atoms with van der Waals surface area (Å²) in [5.74, 6) is 0.452. The third-order valence-corrected chi connectivity index (χ3v) is 8.11. The van der Waals surface area contributed by atoms with E-state index in [2.05, 4.69) is 4.72 Å². The van der Waals surface area contributed by atoms with Crippen LogP contribution in [-0.4, -0.2) is 20.5 Å². The van der Waals surface area contributed by atoms with Gasteiger partial charge >= 0.3 is 0 Å². The van der Waals surface area contributed by atoms with Crippen LogP contribution in [-0.2, 0) is 22.0 Å². The third-order valence-electron chi connectivity index (χ3n) is 5.20. The van der Waals surface area contributed by atoms with Crippen LogP contribution in [0, 0.1) is 5.92 Å². The van der Waals surface area contributed by atoms with E-state index in [-0.39, 0.29) is 10.8 Å². The largest absolute Gasteiger partial charge is 0.341 e. The molecule has 1 fully saturated rings. The molecule has 1 aromatic rings. The zero-order valence-corrected chi connectivity index (χ0v) is 18.5. The maximum absolute atomic E-state index is 12.8. The molecule has 1 aliphatic carbocycles. The van der Waals surface area contributed by atoms with E-state index in [9.17, 15) is 13.7 Å². The van der Waals surface area contributed by atoms with Gasteiger partial charge in [-0.3, -0.25) is 4.57 Å². The summed E-state index contributed by atoms with van der Waals surface area (Å²) in [7, 11) is -4.44. The van der Waals surface area contributed by atoms with Crippen LogP contribution >= 0.6 is 7.37 Å². The summed E-state index contributed by atoms with van der Waals surface area (Å²) >= 11 is 0. The molecule has 26 heavy (non-hydrogen) atoms. The Kier molecular flexibility index (Phi) is 7.29. The number of benzene rings is 1. The smallest absolute Gasteiger partial charge is 0.226 e. The standard InChI is InChI=1S/C20H34NO3PS/c1-6-15-14-17(12-13-18(15)25(5,22)23)19(16-10-8-7-9-11-16)21-26(24)20(2,3)4/h12-14,16,19,21H,6-11H2,1-5H3,(H,22,23)/t19-,26-/m1/s1. The average molecular weight is 400 g/mol. The summed E-state index contributed by atoms with van der Waals surface area (Å²) in [4.78, 5) is 10.0. The highest BCUT2D eigenvalue weighted by atomic mass is 32.2. The first kappa shape index (κ1) is 21.8. The van der Waals surface area contributed by atoms with Crippen molar-refractivity contribution in [3.63, 3.8) is 0 Å². The predicted octanol–water partition coefficient (Wildman–Crippen LogP) is 4.45. The molecular formula is C20H34NO3PS. The lowest BCUT2D eigenvalue weighted by Gasteiger charge is -2.33. The van der Waals surface area contributed by atoms with E-state index in [1.165, 1.54) is 25.9 Å². The molecule has 6 heteroatoms. The lowest BCUT2D eigenvalue weighted by atomic mass is 9.81. The zero-order chi connectivity index (χ0) is 19.5. The Bertz CT molecular complexity index is 687. The van der Waals surface area contributed by atoms with Crippen molar-refractivity contribution in [3.8, 4) is 0 Å². The van der Waals surface area contributed by atoms with Crippen molar-refractivity contribution < 1.29 is 13.7 Å². The van der Waals surface area contributed by atoms with Gasteiger partial charge in [0.2, 0.25) is 7.37 Å². The molecule has 1 saturated carbocycles. The first-order valence-electron chi connectivity index (χ1n) is 9.65. The van der Waals surface area contributed by atoms with Crippen LogP contribution in [0.15, 0.2) is 18.2 Å². The Labute approximate surface area is 161 Å². The fourth-order valence-electron chi connectivity index (χ4n) is 3.68. The molecule has 2 rings (SSSR count). The minimum Gasteiger partial charge on any atom is -0.341 e. The number of hydrogen-bond donors (Lipinski definition) is 2. The quantitative estimate of drug-likeness (QED) is 0.695. The van der Waals surface area contributed by atoms with E-state index < -0.39 is 18.4 Å². The predicted molar refractivity (Wildman–Crippen MR) is 112 cm³/mol. The maximum Gasteiger partial charge on any atom is 0.226 e. The van der Waals surface area contributed by atoms with Gasteiger partial charge in [-0.15, -0.1) is 0 Å². The molecule has 0 heterocycles. The second kappa shape index (κ2) is 8.68. The SMILES string of the molecule is CCc1cc([C@H](N[S@](=O)C(C)(C)C)C2CCCCC2)ccc1P(C)(=O)O. The second-order valence-electron chi connectivity index (χ2n) is 8.50. The number of nitrogens with one attached hydrogen (secondary N) is 1. The van der Waals surface area contributed by atoms with E-state index in [1.807, 2.05) is 39.8 Å². The van der Waals surface area contributed by atoms with Gasteiger partial charge in [0.15, 0.2) is 0 Å². The fraction of sp³-hybridized carbons (Fsp3) is 0.700. The molecule has 1 unspecified atom stereocenters. The van der Waals surface area contributed by atoms with Crippen LogP contribution in [0.2, 0.25) is 0 Å². The van der Waals surface area contributed by atoms with Crippen molar-refractivity contribution in [1.29, 1.82) is 0 Å². The number of hydrogen-bond acceptors (Lipinski definition) is 2. The van der Waals surface area contributed by atoms with Crippen LogP contribution in [0.5, 0.6) is 0 Å². The van der Waals surface area contributed by atoms with E-state index in [0.717, 1.165) is 24.0 Å². The highest BCUT2D eigenvalue weighted by Gasteiger charge is 2.31. The van der Waals surface area contributed by atoms with Gasteiger partial charge in [-0.1, -0.05) is 38.3 Å². The summed E-state index contributed by atoms with van der Waals surface area (Å²) in [5.41, 5.74) is 2.00. The monoisotopic (exact) mass is 399 g/mol. The molecule has 0 aromatic heterocycles. The summed E-state index contributed by atoms with van der Waals surface area (Å²) < 4.78 is 28.0. The van der Waals surface area contributed by atoms with Gasteiger partial charge in [0.05, 0.1) is 15.7 Å². The number of rotatable bonds is 6. The Hall–Kier alpha value is -0.480. The van der Waals surface area contributed by atoms with Gasteiger partial charge in [-0.25, -0.2) is 8.93 Å². The van der Waals surface area contributed by atoms with Gasteiger partial charge in [-0.05, 0) is 63.1 Å². The third kappa shape index (κ3) is 5.51. The summed E-state index contributed by atoms with van der Waals surface area (Å²) in [6.07, 6.45) is 6.67. The molecular weight excluding hydrogens is 365 g/mol. The molecule has 1 aromatic carbocycles. The Morgan fingerprint density at radius 2 is 1.88 bits per heavy atom. The maximum atomic E-state index is 12.8. The summed E-state index contributed by atoms with van der Waals surface area (Å²) in [6, 6.07) is 5.82. The highest BCUT2D eigenvalue weighted by Crippen LogP contribution is 2.39. The minimum atomic E-state index is -3.29. The fourth-order valence-corrected chi connectivity index (χ4v) is 5.70. The normalized spacial score (nSPS) is 21.2. The van der Waals surface area contributed by atoms with E-state index >= 15 is 0 Å². The van der Waals surface area contributed by atoms with E-state index in [0.29, 0.717) is 17.6 Å². The topological polar surface area (TPSA) is 66.4 Å². The Morgan fingerprint density at radius 1 is 1.27 bits per heavy atom. The lowest BCUT2D eigenvalue weighted by Crippen LogP contribution is -2.39. The van der Waals surface area contributed by atoms with Crippen molar-refractivity contribution >= 4 is 23.7 Å². The second-order valence-corrected chi connectivity index (χ2v) is 12.7. The van der Waals surface area contributed by atoms with Crippen molar-refractivity contribution in [3.05, 3.63) is 29.3 Å². The van der Waals surface area contributed by atoms with Crippen molar-refractivity contribution in [1.82, 2.24) is 4.72 Å². The molecule has 0 bridgehead atoms. The van der Waals surface area contributed by atoms with Crippen LogP contribution in [0.4, 0.5) is 0 Å². The van der Waals surface area contributed by atoms with Gasteiger partial charge in [-0.2, -0.15) is 0 Å². The van der Waals surface area contributed by atoms with Gasteiger partial charge in [0.25, 0.3) is 0 Å². The Balaban J connectivity index is 2.41. The van der Waals surface area contributed by atoms with Gasteiger partial charge in [0, 0.05) is 18.0 Å². The van der Waals surface area contributed by atoms with Gasteiger partial charge in [0.1, 0.15) is 0 Å². The molecule has 2 N–H and O–H groups in total. The van der Waals surface area contributed by atoms with Crippen LogP contribution < -0.4 is 10.0 Å². The molecule has 0 saturated heterocycles. The van der Waals surface area contributed by atoms with Crippen molar-refractivity contribution in [2.45, 2.75) is 77.0 Å². The van der Waals surface area contributed by atoms with Crippen LogP contribution in [0.25, 0.3) is 0 Å². The molecule has 148 valence electrons. The Morgan fingerprint density at radius 3 is 2.38 bits per heavy atom. The van der Waals surface area contributed by atoms with Crippen LogP contribution in [0.3, 0.4) is 0 Å². The molecule has 0 radical (unpaired) electrons. The van der Waals surface area contributed by atoms with Gasteiger partial charge < -0.3 is 4.89 Å². The molecule has 0 aliphatic heterocycles. The molecule has 0 spiro atoms. The minimum absolute atomic E-state index is 0.0182. The molecule has 4 nitrogen and oxygen atoms in total. The summed E-state index contributed by atoms with van der Waals surface area (Å²) in [5, 5.41) is 0.545. The zero-order valence-electron chi connectivity index (χ0n) is 16.7. The molecule has 3 atom stereocenters. The van der Waals surface area contributed by atoms with Crippen molar-refractivity contribution in [2.75, 3.05) is 6.66 Å².